The number of nitrogens with zero attached hydrogens (tertiary/aromatic N) is 1. The third-order valence-electron chi connectivity index (χ3n) is 3.10. The number of hydrogen-bond acceptors (Lipinski definition) is 4. The molecular formula is C15H10ClF3N2O3. The zero-order valence-electron chi connectivity index (χ0n) is 11.9. The lowest BCUT2D eigenvalue weighted by Gasteiger charge is -2.12. The van der Waals surface area contributed by atoms with Gasteiger partial charge in [-0.1, -0.05) is 23.7 Å². The number of carbonyl (C=O) groups excluding carboxylic acids is 1. The number of nitro groups is 1. The first kappa shape index (κ1) is 17.7. The highest BCUT2D eigenvalue weighted by molar-refractivity contribution is 6.31. The van der Waals surface area contributed by atoms with Gasteiger partial charge in [-0.3, -0.25) is 14.9 Å². The van der Waals surface area contributed by atoms with Gasteiger partial charge in [-0.15, -0.1) is 0 Å². The zero-order valence-corrected chi connectivity index (χ0v) is 12.7. The van der Waals surface area contributed by atoms with Crippen LogP contribution < -0.4 is 5.32 Å². The third-order valence-corrected chi connectivity index (χ3v) is 3.43. The van der Waals surface area contributed by atoms with E-state index < -0.39 is 27.5 Å². The molecule has 0 saturated carbocycles. The molecule has 1 N–H and O–H groups in total. The molecule has 0 spiro atoms. The number of nitro benzene ring substituents is 1. The molecule has 0 saturated heterocycles. The smallest absolute Gasteiger partial charge is 0.378 e. The topological polar surface area (TPSA) is 72.2 Å². The first-order chi connectivity index (χ1) is 11.2. The number of hydrogen-bond donors (Lipinski definition) is 1. The van der Waals surface area contributed by atoms with Gasteiger partial charge in [0.2, 0.25) is 0 Å². The minimum atomic E-state index is -4.61. The summed E-state index contributed by atoms with van der Waals surface area (Å²) >= 11 is 5.51. The normalized spacial score (nSPS) is 11.2. The van der Waals surface area contributed by atoms with E-state index in [0.717, 1.165) is 18.2 Å². The predicted octanol–water partition coefficient (Wildman–Crippen LogP) is 4.56. The van der Waals surface area contributed by atoms with Crippen molar-refractivity contribution in [2.45, 2.75) is 6.18 Å². The first-order valence-corrected chi connectivity index (χ1v) is 6.94. The number of carbonyl (C=O) groups is 1. The summed E-state index contributed by atoms with van der Waals surface area (Å²) in [5, 5.41) is 12.8. The van der Waals surface area contributed by atoms with Crippen LogP contribution in [0.4, 0.5) is 24.5 Å². The summed E-state index contributed by atoms with van der Waals surface area (Å²) in [5.41, 5.74) is -1.11. The minimum Gasteiger partial charge on any atom is -0.378 e. The highest BCUT2D eigenvalue weighted by atomic mass is 35.5. The number of Topliss-reactive ketones (excluding diaryl/α,β-unsaturated/α-hetero) is 1. The summed E-state index contributed by atoms with van der Waals surface area (Å²) in [6.45, 7) is -0.319. The Labute approximate surface area is 139 Å². The van der Waals surface area contributed by atoms with E-state index in [-0.39, 0.29) is 23.5 Å². The number of benzene rings is 2. The number of anilines is 1. The van der Waals surface area contributed by atoms with Gasteiger partial charge in [-0.25, -0.2) is 0 Å². The SMILES string of the molecule is O=C(CNc1ccc(Cl)c(C(F)(F)F)c1)c1cccc([N+](=O)[O-])c1. The van der Waals surface area contributed by atoms with Crippen LogP contribution in [0, 0.1) is 10.1 Å². The fourth-order valence-corrected chi connectivity index (χ4v) is 2.15. The molecule has 0 aliphatic rings. The maximum absolute atomic E-state index is 12.8. The average molecular weight is 359 g/mol. The third kappa shape index (κ3) is 4.23. The van der Waals surface area contributed by atoms with Gasteiger partial charge in [0.1, 0.15) is 0 Å². The molecule has 0 aromatic heterocycles. The van der Waals surface area contributed by atoms with Crippen molar-refractivity contribution in [2.24, 2.45) is 0 Å². The van der Waals surface area contributed by atoms with Crippen LogP contribution in [0.5, 0.6) is 0 Å². The lowest BCUT2D eigenvalue weighted by molar-refractivity contribution is -0.384. The van der Waals surface area contributed by atoms with E-state index in [1.54, 1.807) is 0 Å². The average Bonchev–Trinajstić information content (AvgIpc) is 2.52. The fourth-order valence-electron chi connectivity index (χ4n) is 1.93. The minimum absolute atomic E-state index is 0.0607. The molecule has 0 atom stereocenters. The summed E-state index contributed by atoms with van der Waals surface area (Å²) in [4.78, 5) is 22.0. The first-order valence-electron chi connectivity index (χ1n) is 6.57. The van der Waals surface area contributed by atoms with Crippen LogP contribution in [-0.2, 0) is 6.18 Å². The van der Waals surface area contributed by atoms with Crippen LogP contribution in [0.2, 0.25) is 5.02 Å². The summed E-state index contributed by atoms with van der Waals surface area (Å²) < 4.78 is 38.3. The molecule has 2 aromatic rings. The maximum atomic E-state index is 12.8. The van der Waals surface area contributed by atoms with Gasteiger partial charge in [0.25, 0.3) is 5.69 Å². The van der Waals surface area contributed by atoms with Crippen LogP contribution in [0.25, 0.3) is 0 Å². The maximum Gasteiger partial charge on any atom is 0.417 e. The molecule has 0 fully saturated rings. The van der Waals surface area contributed by atoms with E-state index in [9.17, 15) is 28.1 Å². The monoisotopic (exact) mass is 358 g/mol. The highest BCUT2D eigenvalue weighted by Gasteiger charge is 2.33. The van der Waals surface area contributed by atoms with Crippen LogP contribution in [-0.4, -0.2) is 17.3 Å². The predicted molar refractivity (Wildman–Crippen MR) is 82.4 cm³/mol. The highest BCUT2D eigenvalue weighted by Crippen LogP contribution is 2.36. The molecule has 9 heteroatoms. The van der Waals surface area contributed by atoms with E-state index in [4.69, 9.17) is 11.6 Å². The van der Waals surface area contributed by atoms with Gasteiger partial charge in [-0.2, -0.15) is 13.2 Å². The standard InChI is InChI=1S/C15H10ClF3N2O3/c16-13-5-4-10(7-12(13)15(17,18)19)20-8-14(22)9-2-1-3-11(6-9)21(23)24/h1-7,20H,8H2. The van der Waals surface area contributed by atoms with Gasteiger partial charge in [0.15, 0.2) is 5.78 Å². The summed E-state index contributed by atoms with van der Waals surface area (Å²) in [5.74, 6) is -0.498. The Bertz CT molecular complexity index is 794. The summed E-state index contributed by atoms with van der Waals surface area (Å²) in [6.07, 6.45) is -4.61. The van der Waals surface area contributed by atoms with Crippen LogP contribution in [0.1, 0.15) is 15.9 Å². The number of non-ortho nitro benzene ring substituents is 1. The zero-order chi connectivity index (χ0) is 17.9. The van der Waals surface area contributed by atoms with Crippen LogP contribution in [0.15, 0.2) is 42.5 Å². The van der Waals surface area contributed by atoms with Crippen molar-refractivity contribution in [3.63, 3.8) is 0 Å². The van der Waals surface area contributed by atoms with Crippen molar-refractivity contribution in [1.82, 2.24) is 0 Å². The molecule has 0 radical (unpaired) electrons. The quantitative estimate of drug-likeness (QED) is 0.483. The molecule has 0 heterocycles. The molecule has 0 bridgehead atoms. The van der Waals surface area contributed by atoms with E-state index in [1.807, 2.05) is 0 Å². The lowest BCUT2D eigenvalue weighted by atomic mass is 10.1. The second-order valence-electron chi connectivity index (χ2n) is 4.78. The Kier molecular flexibility index (Phi) is 5.08. The molecule has 0 aliphatic carbocycles. The molecule has 0 amide bonds. The lowest BCUT2D eigenvalue weighted by Crippen LogP contribution is -2.15. The molecular weight excluding hydrogens is 349 g/mol. The molecule has 0 aliphatic heterocycles. The van der Waals surface area contributed by atoms with Gasteiger partial charge >= 0.3 is 6.18 Å². The molecule has 0 unspecified atom stereocenters. The number of alkyl halides is 3. The van der Waals surface area contributed by atoms with E-state index in [2.05, 4.69) is 5.32 Å². The Morgan fingerprint density at radius 3 is 2.54 bits per heavy atom. The van der Waals surface area contributed by atoms with Crippen molar-refractivity contribution < 1.29 is 22.9 Å². The number of halogens is 4. The molecule has 5 nitrogen and oxygen atoms in total. The Balaban J connectivity index is 2.12. The molecule has 2 aromatic carbocycles. The van der Waals surface area contributed by atoms with Gasteiger partial charge < -0.3 is 5.32 Å². The van der Waals surface area contributed by atoms with Crippen molar-refractivity contribution in [3.8, 4) is 0 Å². The van der Waals surface area contributed by atoms with Crippen molar-refractivity contribution >= 4 is 28.8 Å². The van der Waals surface area contributed by atoms with Gasteiger partial charge in [0.05, 0.1) is 22.1 Å². The Morgan fingerprint density at radius 2 is 1.92 bits per heavy atom. The van der Waals surface area contributed by atoms with Crippen molar-refractivity contribution in [3.05, 3.63) is 68.7 Å². The second kappa shape index (κ2) is 6.88. The van der Waals surface area contributed by atoms with Crippen LogP contribution >= 0.6 is 11.6 Å². The summed E-state index contributed by atoms with van der Waals surface area (Å²) in [7, 11) is 0. The van der Waals surface area contributed by atoms with E-state index in [1.165, 1.54) is 24.3 Å². The van der Waals surface area contributed by atoms with Gasteiger partial charge in [-0.05, 0) is 18.2 Å². The number of rotatable bonds is 5. The number of nitrogens with one attached hydrogen (secondary N) is 1. The van der Waals surface area contributed by atoms with E-state index in [0.29, 0.717) is 0 Å². The van der Waals surface area contributed by atoms with Crippen molar-refractivity contribution in [2.75, 3.05) is 11.9 Å². The van der Waals surface area contributed by atoms with Crippen molar-refractivity contribution in [1.29, 1.82) is 0 Å². The number of ketones is 1. The summed E-state index contributed by atoms with van der Waals surface area (Å²) in [6, 6.07) is 8.26. The van der Waals surface area contributed by atoms with Gasteiger partial charge in [0, 0.05) is 23.4 Å². The fraction of sp³-hybridized carbons (Fsp3) is 0.133. The molecule has 2 rings (SSSR count). The Hall–Kier alpha value is -2.61. The largest absolute Gasteiger partial charge is 0.417 e. The second-order valence-corrected chi connectivity index (χ2v) is 5.18. The van der Waals surface area contributed by atoms with Crippen LogP contribution in [0.3, 0.4) is 0 Å². The molecule has 24 heavy (non-hydrogen) atoms. The molecule has 126 valence electrons. The Morgan fingerprint density at radius 1 is 1.21 bits per heavy atom. The van der Waals surface area contributed by atoms with E-state index >= 15 is 0 Å².